The number of anilines is 1. The largest absolute Gasteiger partial charge is 0.350 e. The average molecular weight is 466 g/mol. The molecule has 2 amide bonds. The quantitative estimate of drug-likeness (QED) is 0.311. The lowest BCUT2D eigenvalue weighted by Crippen LogP contribution is -2.32. The van der Waals surface area contributed by atoms with Crippen molar-refractivity contribution in [2.75, 3.05) is 5.32 Å². The van der Waals surface area contributed by atoms with E-state index in [4.69, 9.17) is 11.6 Å². The number of nitrogens with one attached hydrogen (secondary N) is 1. The first-order chi connectivity index (χ1) is 15.7. The predicted molar refractivity (Wildman–Crippen MR) is 122 cm³/mol. The minimum absolute atomic E-state index is 0.0430. The van der Waals surface area contributed by atoms with Crippen LogP contribution in [0.15, 0.2) is 72.4 Å². The second kappa shape index (κ2) is 8.84. The molecule has 1 aliphatic rings. The van der Waals surface area contributed by atoms with Crippen LogP contribution in [0.3, 0.4) is 0 Å². The molecule has 1 aliphatic heterocycles. The van der Waals surface area contributed by atoms with Crippen LogP contribution in [0.25, 0.3) is 5.57 Å². The van der Waals surface area contributed by atoms with Crippen LogP contribution in [0.4, 0.5) is 15.8 Å². The summed E-state index contributed by atoms with van der Waals surface area (Å²) in [7, 11) is 0. The highest BCUT2D eigenvalue weighted by Crippen LogP contribution is 2.33. The van der Waals surface area contributed by atoms with Gasteiger partial charge in [-0.2, -0.15) is 0 Å². The van der Waals surface area contributed by atoms with Crippen LogP contribution in [0.1, 0.15) is 16.7 Å². The molecule has 33 heavy (non-hydrogen) atoms. The Morgan fingerprint density at radius 3 is 2.27 bits per heavy atom. The van der Waals surface area contributed by atoms with Crippen LogP contribution < -0.4 is 5.32 Å². The zero-order valence-electron chi connectivity index (χ0n) is 17.3. The second-order valence-electron chi connectivity index (χ2n) is 7.46. The third kappa shape index (κ3) is 4.47. The number of benzene rings is 3. The maximum atomic E-state index is 13.3. The highest BCUT2D eigenvalue weighted by atomic mass is 35.5. The van der Waals surface area contributed by atoms with Gasteiger partial charge in [-0.15, -0.1) is 0 Å². The van der Waals surface area contributed by atoms with E-state index < -0.39 is 22.6 Å². The summed E-state index contributed by atoms with van der Waals surface area (Å²) in [5, 5.41) is 14.6. The summed E-state index contributed by atoms with van der Waals surface area (Å²) in [4.78, 5) is 38.2. The molecule has 0 radical (unpaired) electrons. The van der Waals surface area contributed by atoms with Gasteiger partial charge in [0.15, 0.2) is 0 Å². The van der Waals surface area contributed by atoms with Crippen molar-refractivity contribution in [1.29, 1.82) is 0 Å². The maximum absolute atomic E-state index is 13.3. The Morgan fingerprint density at radius 1 is 1.00 bits per heavy atom. The van der Waals surface area contributed by atoms with Gasteiger partial charge in [0.05, 0.1) is 17.0 Å². The highest BCUT2D eigenvalue weighted by molar-refractivity contribution is 6.36. The molecule has 3 aromatic carbocycles. The number of nitrogens with zero attached hydrogens (tertiary/aromatic N) is 2. The maximum Gasteiger partial charge on any atom is 0.278 e. The first-order valence-electron chi connectivity index (χ1n) is 9.87. The molecule has 0 aromatic heterocycles. The van der Waals surface area contributed by atoms with E-state index in [9.17, 15) is 24.1 Å². The van der Waals surface area contributed by atoms with Gasteiger partial charge >= 0.3 is 0 Å². The Bertz CT molecular complexity index is 1300. The Labute approximate surface area is 193 Å². The molecular formula is C24H17ClFN3O4. The fourth-order valence-corrected chi connectivity index (χ4v) is 3.75. The first-order valence-corrected chi connectivity index (χ1v) is 10.3. The fourth-order valence-electron chi connectivity index (χ4n) is 3.53. The second-order valence-corrected chi connectivity index (χ2v) is 7.90. The third-order valence-corrected chi connectivity index (χ3v) is 5.47. The number of amides is 2. The summed E-state index contributed by atoms with van der Waals surface area (Å²) in [5.74, 6) is -1.55. The Morgan fingerprint density at radius 2 is 1.67 bits per heavy atom. The van der Waals surface area contributed by atoms with Crippen molar-refractivity contribution >= 4 is 40.4 Å². The molecule has 4 rings (SSSR count). The van der Waals surface area contributed by atoms with Gasteiger partial charge in [-0.3, -0.25) is 24.6 Å². The zero-order chi connectivity index (χ0) is 23.7. The molecule has 0 saturated heterocycles. The minimum atomic E-state index is -0.563. The molecule has 0 fully saturated rings. The van der Waals surface area contributed by atoms with E-state index in [0.29, 0.717) is 21.8 Å². The van der Waals surface area contributed by atoms with E-state index in [1.165, 1.54) is 48.5 Å². The van der Waals surface area contributed by atoms with Gasteiger partial charge in [-0.05, 0) is 66.1 Å². The van der Waals surface area contributed by atoms with Gasteiger partial charge in [0.1, 0.15) is 11.5 Å². The van der Waals surface area contributed by atoms with Crippen LogP contribution in [0, 0.1) is 22.9 Å². The lowest BCUT2D eigenvalue weighted by molar-refractivity contribution is -0.384. The van der Waals surface area contributed by atoms with Crippen molar-refractivity contribution in [1.82, 2.24) is 4.90 Å². The van der Waals surface area contributed by atoms with Crippen molar-refractivity contribution in [2.24, 2.45) is 0 Å². The molecule has 3 aromatic rings. The summed E-state index contributed by atoms with van der Waals surface area (Å²) in [6.45, 7) is 1.75. The Balaban J connectivity index is 1.76. The molecule has 9 heteroatoms. The molecule has 0 spiro atoms. The molecule has 1 heterocycles. The number of non-ortho nitro benzene ring substituents is 1. The van der Waals surface area contributed by atoms with Crippen LogP contribution >= 0.6 is 11.6 Å². The van der Waals surface area contributed by atoms with Crippen LogP contribution in [0.2, 0.25) is 5.02 Å². The molecule has 0 aliphatic carbocycles. The highest BCUT2D eigenvalue weighted by Gasteiger charge is 2.39. The number of halogens is 2. The van der Waals surface area contributed by atoms with E-state index in [0.717, 1.165) is 10.5 Å². The van der Waals surface area contributed by atoms with E-state index in [2.05, 4.69) is 5.32 Å². The van der Waals surface area contributed by atoms with Gasteiger partial charge in [0.2, 0.25) is 0 Å². The number of hydrogen-bond donors (Lipinski definition) is 1. The summed E-state index contributed by atoms with van der Waals surface area (Å²) in [5.41, 5.74) is 2.27. The molecule has 0 saturated carbocycles. The van der Waals surface area contributed by atoms with Crippen molar-refractivity contribution in [3.8, 4) is 0 Å². The molecule has 1 N–H and O–H groups in total. The van der Waals surface area contributed by atoms with E-state index in [1.807, 2.05) is 0 Å². The standard InChI is InChI=1S/C24H17ClFN3O4/c1-14-12-17(25)6-11-20(14)27-22-21(16-4-9-19(10-5-16)29(32)33)23(30)28(24(22)31)13-15-2-7-18(26)8-3-15/h2-12,27H,13H2,1H3. The minimum Gasteiger partial charge on any atom is -0.350 e. The van der Waals surface area contributed by atoms with Crippen LogP contribution in [-0.4, -0.2) is 21.6 Å². The zero-order valence-corrected chi connectivity index (χ0v) is 18.1. The number of nitro groups is 1. The summed E-state index contributed by atoms with van der Waals surface area (Å²) < 4.78 is 13.3. The lowest BCUT2D eigenvalue weighted by atomic mass is 10.0. The van der Waals surface area contributed by atoms with E-state index in [-0.39, 0.29) is 23.5 Å². The van der Waals surface area contributed by atoms with Crippen LogP contribution in [-0.2, 0) is 16.1 Å². The van der Waals surface area contributed by atoms with Gasteiger partial charge in [0.25, 0.3) is 17.5 Å². The number of imide groups is 1. The number of carbonyl (C=O) groups excluding carboxylic acids is 2. The molecular weight excluding hydrogens is 449 g/mol. The monoisotopic (exact) mass is 465 g/mol. The van der Waals surface area contributed by atoms with Crippen molar-refractivity contribution in [3.05, 3.63) is 110 Å². The number of carbonyl (C=O) groups is 2. The number of rotatable bonds is 6. The molecule has 0 bridgehead atoms. The van der Waals surface area contributed by atoms with Gasteiger partial charge in [-0.1, -0.05) is 23.7 Å². The summed E-state index contributed by atoms with van der Waals surface area (Å²) in [6, 6.07) is 16.0. The topological polar surface area (TPSA) is 92.6 Å². The van der Waals surface area contributed by atoms with Crippen LogP contribution in [0.5, 0.6) is 0 Å². The molecule has 7 nitrogen and oxygen atoms in total. The lowest BCUT2D eigenvalue weighted by Gasteiger charge is -2.16. The fraction of sp³-hybridized carbons (Fsp3) is 0.0833. The Kier molecular flexibility index (Phi) is 5.93. The number of aryl methyl sites for hydroxylation is 1. The number of hydrogen-bond acceptors (Lipinski definition) is 5. The van der Waals surface area contributed by atoms with Gasteiger partial charge in [0, 0.05) is 22.8 Å². The smallest absolute Gasteiger partial charge is 0.278 e. The summed E-state index contributed by atoms with van der Waals surface area (Å²) in [6.07, 6.45) is 0. The van der Waals surface area contributed by atoms with Crippen molar-refractivity contribution < 1.29 is 18.9 Å². The predicted octanol–water partition coefficient (Wildman–Crippen LogP) is 5.09. The molecule has 166 valence electrons. The molecule has 0 atom stereocenters. The van der Waals surface area contributed by atoms with Gasteiger partial charge < -0.3 is 5.32 Å². The average Bonchev–Trinajstić information content (AvgIpc) is 3.01. The number of nitro benzene ring substituents is 1. The SMILES string of the molecule is Cc1cc(Cl)ccc1NC1=C(c2ccc([N+](=O)[O-])cc2)C(=O)N(Cc2ccc(F)cc2)C1=O. The first kappa shape index (κ1) is 22.2. The van der Waals surface area contributed by atoms with E-state index >= 15 is 0 Å². The van der Waals surface area contributed by atoms with Crippen molar-refractivity contribution in [3.63, 3.8) is 0 Å². The van der Waals surface area contributed by atoms with Crippen molar-refractivity contribution in [2.45, 2.75) is 13.5 Å². The third-order valence-electron chi connectivity index (χ3n) is 5.24. The Hall–Kier alpha value is -4.04. The summed E-state index contributed by atoms with van der Waals surface area (Å²) >= 11 is 6.02. The van der Waals surface area contributed by atoms with Gasteiger partial charge in [-0.25, -0.2) is 4.39 Å². The molecule has 0 unspecified atom stereocenters. The van der Waals surface area contributed by atoms with E-state index in [1.54, 1.807) is 25.1 Å². The normalized spacial score (nSPS) is 13.6.